The molecule has 9 heteroatoms. The molecule has 1 N–H and O–H groups in total. The number of hydrogen-bond acceptors (Lipinski definition) is 7. The number of carbonyl (C=O) groups is 1. The number of thiol groups is 1. The highest BCUT2D eigenvalue weighted by Gasteiger charge is 2.07. The first-order valence-corrected chi connectivity index (χ1v) is 8.97. The van der Waals surface area contributed by atoms with E-state index < -0.39 is 14.5 Å². The molecule has 0 spiro atoms. The third-order valence-corrected chi connectivity index (χ3v) is 8.06. The van der Waals surface area contributed by atoms with E-state index in [4.69, 9.17) is 16.3 Å². The number of rotatable bonds is 4. The molecule has 0 saturated carbocycles. The van der Waals surface area contributed by atoms with E-state index in [0.717, 1.165) is 0 Å². The maximum Gasteiger partial charge on any atom is 0.338 e. The highest BCUT2D eigenvalue weighted by atomic mass is 33.7. The second-order valence-electron chi connectivity index (χ2n) is 1.94. The molecule has 1 rings (SSSR count). The zero-order chi connectivity index (χ0) is 10.6. The van der Waals surface area contributed by atoms with Crippen LogP contribution >= 0.6 is 31.3 Å². The summed E-state index contributed by atoms with van der Waals surface area (Å²) in [5, 5.41) is 9.05. The second kappa shape index (κ2) is 5.91. The highest BCUT2D eigenvalue weighted by Crippen LogP contribution is 2.31. The Kier molecular flexibility index (Phi) is 5.17. The molecule has 0 radical (unpaired) electrons. The molecule has 0 fully saturated rings. The SMILES string of the molecule is O=C(O)c1cnc(S(=S)SSS)nc1. The van der Waals surface area contributed by atoms with Crippen LogP contribution in [0.25, 0.3) is 0 Å². The van der Waals surface area contributed by atoms with Crippen molar-refractivity contribution in [3.8, 4) is 0 Å². The van der Waals surface area contributed by atoms with Crippen LogP contribution in [0.4, 0.5) is 0 Å². The molecule has 0 aliphatic rings. The Hall–Kier alpha value is 0.170. The van der Waals surface area contributed by atoms with Crippen molar-refractivity contribution in [2.24, 2.45) is 0 Å². The maximum absolute atomic E-state index is 10.5. The predicted molar refractivity (Wildman–Crippen MR) is 66.2 cm³/mol. The first-order valence-electron chi connectivity index (χ1n) is 3.11. The standard InChI is InChI=1S/C5H4N2O2S5/c8-4(9)3-1-6-5(7-2-3)14(11)13-12-10/h1-2,10H,(H,8,9). The Morgan fingerprint density at radius 3 is 2.57 bits per heavy atom. The lowest BCUT2D eigenvalue weighted by Gasteiger charge is -1.99. The molecule has 4 nitrogen and oxygen atoms in total. The fraction of sp³-hybridized carbons (Fsp3) is 0. The van der Waals surface area contributed by atoms with Crippen molar-refractivity contribution in [3.63, 3.8) is 0 Å². The van der Waals surface area contributed by atoms with Gasteiger partial charge in [-0.05, 0) is 30.8 Å². The average molecular weight is 284 g/mol. The van der Waals surface area contributed by atoms with E-state index in [-0.39, 0.29) is 5.56 Å². The molecule has 0 bridgehead atoms. The van der Waals surface area contributed by atoms with Crippen LogP contribution in [-0.4, -0.2) is 21.0 Å². The van der Waals surface area contributed by atoms with Crippen LogP contribution < -0.4 is 0 Å². The summed E-state index contributed by atoms with van der Waals surface area (Å²) >= 11 is 8.99. The van der Waals surface area contributed by atoms with Gasteiger partial charge in [-0.1, -0.05) is 11.7 Å². The topological polar surface area (TPSA) is 63.1 Å². The summed E-state index contributed by atoms with van der Waals surface area (Å²) in [6.45, 7) is 0. The van der Waals surface area contributed by atoms with Crippen molar-refractivity contribution in [3.05, 3.63) is 18.0 Å². The summed E-state index contributed by atoms with van der Waals surface area (Å²) in [5.74, 6) is -1.04. The van der Waals surface area contributed by atoms with Gasteiger partial charge in [-0.15, -0.1) is 0 Å². The van der Waals surface area contributed by atoms with Gasteiger partial charge in [0.1, 0.15) is 0 Å². The van der Waals surface area contributed by atoms with E-state index in [1.165, 1.54) is 32.0 Å². The first kappa shape index (κ1) is 12.2. The third-order valence-electron chi connectivity index (χ3n) is 1.12. The number of aromatic carboxylic acids is 1. The second-order valence-corrected chi connectivity index (χ2v) is 9.11. The van der Waals surface area contributed by atoms with E-state index in [1.807, 2.05) is 0 Å². The zero-order valence-corrected chi connectivity index (χ0v) is 10.6. The van der Waals surface area contributed by atoms with Gasteiger partial charge in [0.05, 0.1) is 5.56 Å². The van der Waals surface area contributed by atoms with Crippen molar-refractivity contribution < 1.29 is 9.90 Å². The van der Waals surface area contributed by atoms with E-state index in [0.29, 0.717) is 5.16 Å². The van der Waals surface area contributed by atoms with Crippen molar-refractivity contribution in [2.45, 2.75) is 5.16 Å². The van der Waals surface area contributed by atoms with Gasteiger partial charge < -0.3 is 5.11 Å². The molecule has 0 aliphatic heterocycles. The van der Waals surface area contributed by atoms with Crippen LogP contribution in [-0.2, 0) is 19.7 Å². The van der Waals surface area contributed by atoms with Gasteiger partial charge in [-0.25, -0.2) is 14.8 Å². The minimum atomic E-state index is -1.04. The quantitative estimate of drug-likeness (QED) is 0.496. The van der Waals surface area contributed by atoms with E-state index >= 15 is 0 Å². The molecular formula is C5H4N2O2S5. The Bertz CT molecular complexity index is 354. The number of nitrogens with zero attached hydrogens (tertiary/aromatic N) is 2. The fourth-order valence-corrected chi connectivity index (χ4v) is 6.38. The zero-order valence-electron chi connectivity index (χ0n) is 6.48. The van der Waals surface area contributed by atoms with Crippen LogP contribution in [0, 0.1) is 0 Å². The molecule has 1 heterocycles. The molecule has 14 heavy (non-hydrogen) atoms. The Morgan fingerprint density at radius 1 is 1.57 bits per heavy atom. The first-order chi connectivity index (χ1) is 6.65. The lowest BCUT2D eigenvalue weighted by molar-refractivity contribution is 0.0695. The van der Waals surface area contributed by atoms with E-state index in [1.54, 1.807) is 0 Å². The average Bonchev–Trinajstić information content (AvgIpc) is 2.18. The van der Waals surface area contributed by atoms with Crippen LogP contribution in [0.15, 0.2) is 17.6 Å². The number of carboxylic acids is 1. The molecule has 1 aromatic rings. The molecular weight excluding hydrogens is 280 g/mol. The van der Waals surface area contributed by atoms with Crippen molar-refractivity contribution in [2.75, 3.05) is 0 Å². The van der Waals surface area contributed by atoms with E-state index in [2.05, 4.69) is 21.6 Å². The molecule has 0 aliphatic carbocycles. The summed E-state index contributed by atoms with van der Waals surface area (Å²) < 4.78 is 0. The normalized spacial score (nSPS) is 12.4. The molecule has 0 saturated heterocycles. The largest absolute Gasteiger partial charge is 0.478 e. The monoisotopic (exact) mass is 284 g/mol. The smallest absolute Gasteiger partial charge is 0.338 e. The minimum Gasteiger partial charge on any atom is -0.478 e. The van der Waals surface area contributed by atoms with Gasteiger partial charge in [0.25, 0.3) is 0 Å². The number of hydrogen-bond donors (Lipinski definition) is 2. The van der Waals surface area contributed by atoms with Gasteiger partial charge >= 0.3 is 5.97 Å². The molecule has 0 aromatic carbocycles. The lowest BCUT2D eigenvalue weighted by Crippen LogP contribution is -2.01. The Morgan fingerprint density at radius 2 is 2.14 bits per heavy atom. The predicted octanol–water partition coefficient (Wildman–Crippen LogP) is 1.76. The van der Waals surface area contributed by atoms with Gasteiger partial charge in [0, 0.05) is 20.9 Å². The highest BCUT2D eigenvalue weighted by molar-refractivity contribution is 9.24. The van der Waals surface area contributed by atoms with Crippen LogP contribution in [0.3, 0.4) is 0 Å². The summed E-state index contributed by atoms with van der Waals surface area (Å²) in [4.78, 5) is 18.2. The van der Waals surface area contributed by atoms with Crippen molar-refractivity contribution in [1.82, 2.24) is 9.97 Å². The summed E-state index contributed by atoms with van der Waals surface area (Å²) in [7, 11) is 2.00. The maximum atomic E-state index is 10.5. The number of carboxylic acid groups (broad SMARTS) is 1. The van der Waals surface area contributed by atoms with Gasteiger partial charge in [0.15, 0.2) is 0 Å². The van der Waals surface area contributed by atoms with E-state index in [9.17, 15) is 4.79 Å². The van der Waals surface area contributed by atoms with Crippen LogP contribution in [0.2, 0.25) is 0 Å². The van der Waals surface area contributed by atoms with Crippen molar-refractivity contribution in [1.29, 1.82) is 0 Å². The molecule has 1 aromatic heterocycles. The Labute approximate surface area is 99.5 Å². The van der Waals surface area contributed by atoms with Crippen LogP contribution in [0.5, 0.6) is 0 Å². The molecule has 76 valence electrons. The van der Waals surface area contributed by atoms with Gasteiger partial charge in [-0.2, -0.15) is 0 Å². The molecule has 1 atom stereocenters. The summed E-state index contributed by atoms with van der Waals surface area (Å²) in [5.41, 5.74) is 0.0595. The molecule has 1 unspecified atom stereocenters. The summed E-state index contributed by atoms with van der Waals surface area (Å²) in [6.07, 6.45) is 2.50. The van der Waals surface area contributed by atoms with Crippen LogP contribution in [0.1, 0.15) is 10.4 Å². The summed E-state index contributed by atoms with van der Waals surface area (Å²) in [6, 6.07) is 0. The Balaban J connectivity index is 2.83. The van der Waals surface area contributed by atoms with Gasteiger partial charge in [-0.3, -0.25) is 0 Å². The number of aromatic nitrogens is 2. The van der Waals surface area contributed by atoms with Crippen molar-refractivity contribution >= 4 is 57.0 Å². The lowest BCUT2D eigenvalue weighted by atomic mass is 10.4. The third kappa shape index (κ3) is 3.39. The molecule has 0 amide bonds. The minimum absolute atomic E-state index is 0.0595. The fourth-order valence-electron chi connectivity index (χ4n) is 0.571. The van der Waals surface area contributed by atoms with Gasteiger partial charge in [0.2, 0.25) is 5.16 Å².